The molecule has 0 spiro atoms. The van der Waals surface area contributed by atoms with E-state index in [0.29, 0.717) is 0 Å². The molecule has 4 rings (SSSR count). The van der Waals surface area contributed by atoms with Gasteiger partial charge in [-0.2, -0.15) is 0 Å². The van der Waals surface area contributed by atoms with E-state index in [-0.39, 0.29) is 5.91 Å². The second kappa shape index (κ2) is 9.28. The average Bonchev–Trinajstić information content (AvgIpc) is 3.24. The van der Waals surface area contributed by atoms with Crippen LogP contribution in [0.4, 0.5) is 4.79 Å². The second-order valence-electron chi connectivity index (χ2n) is 7.73. The van der Waals surface area contributed by atoms with Crippen LogP contribution >= 0.6 is 0 Å². The zero-order valence-electron chi connectivity index (χ0n) is 17.3. The van der Waals surface area contributed by atoms with E-state index >= 15 is 0 Å². The van der Waals surface area contributed by atoms with E-state index in [1.54, 1.807) is 0 Å². The summed E-state index contributed by atoms with van der Waals surface area (Å²) in [6.07, 6.45) is 0.982. The Morgan fingerprint density at radius 2 is 1.83 bits per heavy atom. The quantitative estimate of drug-likeness (QED) is 0.791. The minimum absolute atomic E-state index is 0.298. The van der Waals surface area contributed by atoms with Gasteiger partial charge >= 0.3 is 6.03 Å². The average molecular weight is 409 g/mol. The van der Waals surface area contributed by atoms with E-state index in [9.17, 15) is 9.59 Å². The number of piperazine rings is 1. The number of urea groups is 1. The Morgan fingerprint density at radius 1 is 1.07 bits per heavy atom. The zero-order chi connectivity index (χ0) is 20.9. The highest BCUT2D eigenvalue weighted by Gasteiger charge is 2.31. The standard InChI is InChI=1S/C23H28N4O3/c1-24-23(29)25-22(28)21(18-5-3-2-4-6-18)27-12-10-26(11-13-27)16-17-7-8-20-19(15-17)9-14-30-20/h2-8,15,21H,9-14,16H2,1H3,(H2,24,25,28,29)/t21-/m1/s1. The van der Waals surface area contributed by atoms with Gasteiger partial charge in [0.2, 0.25) is 5.91 Å². The van der Waals surface area contributed by atoms with Crippen molar-refractivity contribution in [1.82, 2.24) is 20.4 Å². The minimum Gasteiger partial charge on any atom is -0.493 e. The van der Waals surface area contributed by atoms with Gasteiger partial charge in [-0.3, -0.25) is 19.9 Å². The van der Waals surface area contributed by atoms with Gasteiger partial charge in [-0.1, -0.05) is 42.5 Å². The summed E-state index contributed by atoms with van der Waals surface area (Å²) in [5.41, 5.74) is 3.48. The number of fused-ring (bicyclic) bond motifs is 1. The minimum atomic E-state index is -0.486. The van der Waals surface area contributed by atoms with Crippen LogP contribution in [-0.4, -0.2) is 61.6 Å². The van der Waals surface area contributed by atoms with Crippen molar-refractivity contribution in [2.75, 3.05) is 39.8 Å². The van der Waals surface area contributed by atoms with E-state index in [1.165, 1.54) is 18.2 Å². The molecule has 2 aliphatic heterocycles. The molecule has 30 heavy (non-hydrogen) atoms. The van der Waals surface area contributed by atoms with Gasteiger partial charge < -0.3 is 10.1 Å². The second-order valence-corrected chi connectivity index (χ2v) is 7.73. The number of imide groups is 1. The summed E-state index contributed by atoms with van der Waals surface area (Å²) in [7, 11) is 1.50. The van der Waals surface area contributed by atoms with Gasteiger partial charge in [0.15, 0.2) is 0 Å². The number of carbonyl (C=O) groups excluding carboxylic acids is 2. The van der Waals surface area contributed by atoms with Crippen LogP contribution < -0.4 is 15.4 Å². The van der Waals surface area contributed by atoms with E-state index in [0.717, 1.165) is 57.1 Å². The Morgan fingerprint density at radius 3 is 2.57 bits per heavy atom. The zero-order valence-corrected chi connectivity index (χ0v) is 17.3. The molecule has 7 nitrogen and oxygen atoms in total. The summed E-state index contributed by atoms with van der Waals surface area (Å²) in [5, 5.41) is 4.89. The predicted octanol–water partition coefficient (Wildman–Crippen LogP) is 1.94. The largest absolute Gasteiger partial charge is 0.493 e. The summed E-state index contributed by atoms with van der Waals surface area (Å²) in [6.45, 7) is 4.91. The topological polar surface area (TPSA) is 73.9 Å². The normalized spacial score (nSPS) is 17.6. The van der Waals surface area contributed by atoms with Crippen LogP contribution in [0, 0.1) is 0 Å². The summed E-state index contributed by atoms with van der Waals surface area (Å²) in [4.78, 5) is 29.1. The van der Waals surface area contributed by atoms with Crippen molar-refractivity contribution in [3.63, 3.8) is 0 Å². The fourth-order valence-electron chi connectivity index (χ4n) is 4.18. The van der Waals surface area contributed by atoms with Crippen molar-refractivity contribution in [3.8, 4) is 5.75 Å². The molecule has 0 bridgehead atoms. The highest BCUT2D eigenvalue weighted by atomic mass is 16.5. The van der Waals surface area contributed by atoms with Gasteiger partial charge in [0, 0.05) is 46.2 Å². The first-order valence-electron chi connectivity index (χ1n) is 10.4. The molecule has 158 valence electrons. The van der Waals surface area contributed by atoms with Crippen LogP contribution in [0.15, 0.2) is 48.5 Å². The van der Waals surface area contributed by atoms with E-state index in [2.05, 4.69) is 38.6 Å². The Kier molecular flexibility index (Phi) is 6.30. The Bertz CT molecular complexity index is 895. The molecule has 0 unspecified atom stereocenters. The molecule has 1 saturated heterocycles. The smallest absolute Gasteiger partial charge is 0.321 e. The van der Waals surface area contributed by atoms with Gasteiger partial charge in [0.05, 0.1) is 6.61 Å². The third-order valence-corrected chi connectivity index (χ3v) is 5.76. The molecule has 0 radical (unpaired) electrons. The number of carbonyl (C=O) groups is 2. The lowest BCUT2D eigenvalue weighted by Crippen LogP contribution is -2.52. The number of nitrogens with zero attached hydrogens (tertiary/aromatic N) is 2. The van der Waals surface area contributed by atoms with Crippen molar-refractivity contribution in [3.05, 3.63) is 65.2 Å². The van der Waals surface area contributed by atoms with Crippen LogP contribution in [0.1, 0.15) is 22.7 Å². The third-order valence-electron chi connectivity index (χ3n) is 5.76. The first-order valence-corrected chi connectivity index (χ1v) is 10.4. The van der Waals surface area contributed by atoms with Crippen LogP contribution in [0.25, 0.3) is 0 Å². The summed E-state index contributed by atoms with van der Waals surface area (Å²) < 4.78 is 5.60. The lowest BCUT2D eigenvalue weighted by molar-refractivity contribution is -0.126. The molecule has 0 aliphatic carbocycles. The molecule has 0 aromatic heterocycles. The number of amides is 3. The van der Waals surface area contributed by atoms with Gasteiger partial charge in [0.25, 0.3) is 0 Å². The summed E-state index contributed by atoms with van der Waals surface area (Å²) in [5.74, 6) is 0.712. The van der Waals surface area contributed by atoms with Gasteiger partial charge in [-0.15, -0.1) is 0 Å². The molecule has 2 aromatic carbocycles. The lowest BCUT2D eigenvalue weighted by Gasteiger charge is -2.38. The lowest BCUT2D eigenvalue weighted by atomic mass is 10.0. The van der Waals surface area contributed by atoms with Crippen molar-refractivity contribution in [2.24, 2.45) is 0 Å². The SMILES string of the molecule is CNC(=O)NC(=O)[C@@H](c1ccccc1)N1CCN(Cc2ccc3c(c2)CCO3)CC1. The Balaban J connectivity index is 1.41. The molecule has 2 aromatic rings. The number of hydrogen-bond donors (Lipinski definition) is 2. The van der Waals surface area contributed by atoms with Crippen LogP contribution in [-0.2, 0) is 17.8 Å². The Hall–Kier alpha value is -2.90. The first-order chi connectivity index (χ1) is 14.6. The van der Waals surface area contributed by atoms with Crippen molar-refractivity contribution < 1.29 is 14.3 Å². The molecular weight excluding hydrogens is 380 g/mol. The summed E-state index contributed by atoms with van der Waals surface area (Å²) in [6, 6.07) is 15.1. The fraction of sp³-hybridized carbons (Fsp3) is 0.391. The summed E-state index contributed by atoms with van der Waals surface area (Å²) >= 11 is 0. The van der Waals surface area contributed by atoms with Gasteiger partial charge in [-0.25, -0.2) is 4.79 Å². The molecule has 3 amide bonds. The van der Waals surface area contributed by atoms with Crippen molar-refractivity contribution in [1.29, 1.82) is 0 Å². The monoisotopic (exact) mass is 408 g/mol. The molecule has 0 saturated carbocycles. The number of nitrogens with one attached hydrogen (secondary N) is 2. The van der Waals surface area contributed by atoms with Gasteiger partial charge in [-0.05, 0) is 22.8 Å². The molecule has 2 heterocycles. The molecule has 2 aliphatic rings. The molecule has 2 N–H and O–H groups in total. The molecular formula is C23H28N4O3. The van der Waals surface area contributed by atoms with E-state index < -0.39 is 12.1 Å². The molecule has 1 fully saturated rings. The first kappa shape index (κ1) is 20.4. The maximum absolute atomic E-state index is 12.9. The highest BCUT2D eigenvalue weighted by Crippen LogP contribution is 2.27. The maximum atomic E-state index is 12.9. The number of benzene rings is 2. The van der Waals surface area contributed by atoms with Gasteiger partial charge in [0.1, 0.15) is 11.8 Å². The van der Waals surface area contributed by atoms with Crippen LogP contribution in [0.3, 0.4) is 0 Å². The van der Waals surface area contributed by atoms with Crippen LogP contribution in [0.2, 0.25) is 0 Å². The van der Waals surface area contributed by atoms with Crippen molar-refractivity contribution >= 4 is 11.9 Å². The highest BCUT2D eigenvalue weighted by molar-refractivity contribution is 5.97. The number of ether oxygens (including phenoxy) is 1. The maximum Gasteiger partial charge on any atom is 0.321 e. The third kappa shape index (κ3) is 4.63. The van der Waals surface area contributed by atoms with E-state index in [1.807, 2.05) is 30.3 Å². The molecule has 1 atom stereocenters. The fourth-order valence-corrected chi connectivity index (χ4v) is 4.18. The van der Waals surface area contributed by atoms with Crippen LogP contribution in [0.5, 0.6) is 5.75 Å². The number of rotatable bonds is 5. The molecule has 7 heteroatoms. The van der Waals surface area contributed by atoms with Crippen molar-refractivity contribution in [2.45, 2.75) is 19.0 Å². The Labute approximate surface area is 177 Å². The van der Waals surface area contributed by atoms with E-state index in [4.69, 9.17) is 4.74 Å². The number of hydrogen-bond acceptors (Lipinski definition) is 5. The predicted molar refractivity (Wildman–Crippen MR) is 114 cm³/mol.